The number of para-hydroxylation sites is 2. The van der Waals surface area contributed by atoms with Gasteiger partial charge in [0.15, 0.2) is 17.5 Å². The number of thiophene rings is 2. The van der Waals surface area contributed by atoms with Crippen LogP contribution in [-0.2, 0) is 16.2 Å². The van der Waals surface area contributed by atoms with E-state index in [0.717, 1.165) is 113 Å². The van der Waals surface area contributed by atoms with Crippen molar-refractivity contribution in [2.45, 2.75) is 57.8 Å². The van der Waals surface area contributed by atoms with Crippen LogP contribution in [0.3, 0.4) is 0 Å². The highest BCUT2D eigenvalue weighted by molar-refractivity contribution is 7.26. The van der Waals surface area contributed by atoms with Crippen molar-refractivity contribution in [3.8, 4) is 185 Å². The zero-order valence-corrected chi connectivity index (χ0v) is 85.2. The Morgan fingerprint density at radius 2 is 0.473 bits per heavy atom. The average Bonchev–Trinajstić information content (AvgIpc) is 1.56. The summed E-state index contributed by atoms with van der Waals surface area (Å²) in [7, 11) is 0. The summed E-state index contributed by atoms with van der Waals surface area (Å²) in [5, 5.41) is 7.75. The molecule has 8 nitrogen and oxygen atoms in total. The Hall–Kier alpha value is -18.2. The molecule has 150 heavy (non-hydrogen) atoms. The molecule has 0 fully saturated rings. The van der Waals surface area contributed by atoms with Gasteiger partial charge in [0, 0.05) is 152 Å². The van der Waals surface area contributed by atoms with Crippen molar-refractivity contribution in [2.75, 3.05) is 0 Å². The van der Waals surface area contributed by atoms with Gasteiger partial charge < -0.3 is 4.57 Å². The minimum atomic E-state index is -0.282. The number of pyridine rings is 1. The maximum Gasteiger partial charge on any atom is 0.160 e. The highest BCUT2D eigenvalue weighted by Crippen LogP contribution is 2.57. The smallest absolute Gasteiger partial charge is 0.160 e. The third-order valence-electron chi connectivity index (χ3n) is 30.8. The molecule has 19 aromatic carbocycles. The highest BCUT2D eigenvalue weighted by atomic mass is 32.1. The van der Waals surface area contributed by atoms with Gasteiger partial charge in [-0.05, 0) is 181 Å². The quantitative estimate of drug-likeness (QED) is 0.107. The van der Waals surface area contributed by atoms with E-state index < -0.39 is 0 Å². The molecular formula is C140H98N8S2. The standard InChI is InChI=1S/C49H35N3.C49H34N2S.C42H29N3S/c1-49(2)42-22-12-9-21-41(42)47-45(49)46(37-30-35(32-15-5-3-6-16-32)29-36(31-37)33-17-7-4-8-18-33)50-48(51-47)34-25-27-38(28-26-34)52-43-23-13-10-19-39(43)40-20-11-14-24-44(40)52;1-49(2)42-22-11-9-19-41(42)46-44(49)45(37-29-35(31-14-5-3-6-15-31)28-36(30-37)32-16-7-4-8-17-32)50-48(51-46)34-26-24-33(25-27-34)38-20-13-21-40-39-18-10-12-23-43(39)52-47(38)40;1-42(2)34-14-5-3-11-33(34)39-37(42)38(28-21-19-27(20-22-28)35-15-7-8-25-43-35)44-41(45-39)29-23-17-26(18-24-29)30-12-9-13-32-31-10-4-6-16-36(31)46-40(30)32/h3-31H,1-2H3;3-30H,1-2H3;3-25H,1-2H3. The third-order valence-corrected chi connectivity index (χ3v) is 33.2. The lowest BCUT2D eigenvalue weighted by molar-refractivity contribution is 0.657. The first kappa shape index (κ1) is 90.6. The summed E-state index contributed by atoms with van der Waals surface area (Å²) in [4.78, 5) is 36.9. The van der Waals surface area contributed by atoms with Gasteiger partial charge in [-0.3, -0.25) is 4.98 Å². The van der Waals surface area contributed by atoms with Crippen LogP contribution in [0.5, 0.6) is 0 Å². The van der Waals surface area contributed by atoms with Gasteiger partial charge in [-0.2, -0.15) is 0 Å². The van der Waals surface area contributed by atoms with Gasteiger partial charge in [-0.1, -0.05) is 424 Å². The molecule has 3 aliphatic carbocycles. The summed E-state index contributed by atoms with van der Waals surface area (Å²) in [5.74, 6) is 2.20. The molecule has 0 amide bonds. The zero-order valence-electron chi connectivity index (χ0n) is 83.6. The van der Waals surface area contributed by atoms with Gasteiger partial charge in [0.1, 0.15) is 0 Å². The first-order valence-corrected chi connectivity index (χ1v) is 53.0. The first-order valence-electron chi connectivity index (χ1n) is 51.4. The molecule has 26 aromatic rings. The van der Waals surface area contributed by atoms with Gasteiger partial charge in [-0.15, -0.1) is 22.7 Å². The van der Waals surface area contributed by atoms with E-state index in [-0.39, 0.29) is 16.2 Å². The molecule has 0 saturated carbocycles. The second-order valence-corrected chi connectivity index (χ2v) is 43.0. The maximum absolute atomic E-state index is 5.51. The minimum absolute atomic E-state index is 0.230. The zero-order chi connectivity index (χ0) is 100. The van der Waals surface area contributed by atoms with Crippen LogP contribution in [0, 0.1) is 0 Å². The second kappa shape index (κ2) is 36.8. The van der Waals surface area contributed by atoms with Crippen LogP contribution in [0.1, 0.15) is 74.9 Å². The van der Waals surface area contributed by atoms with Crippen LogP contribution >= 0.6 is 22.7 Å². The Morgan fingerprint density at radius 3 is 0.847 bits per heavy atom. The average molecular weight is 1960 g/mol. The first-order chi connectivity index (χ1) is 73.6. The van der Waals surface area contributed by atoms with Crippen LogP contribution in [0.2, 0.25) is 0 Å². The normalized spacial score (nSPS) is 13.0. The molecule has 7 aromatic heterocycles. The molecule has 3 aliphatic rings. The second-order valence-electron chi connectivity index (χ2n) is 40.9. The fourth-order valence-corrected chi connectivity index (χ4v) is 25.9. The predicted molar refractivity (Wildman–Crippen MR) is 627 cm³/mol. The highest BCUT2D eigenvalue weighted by Gasteiger charge is 2.44. The van der Waals surface area contributed by atoms with Crippen molar-refractivity contribution >= 4 is 84.8 Å². The minimum Gasteiger partial charge on any atom is -0.309 e. The predicted octanol–water partition coefficient (Wildman–Crippen LogP) is 37.2. The molecular weight excluding hydrogens is 1860 g/mol. The number of rotatable bonds is 14. The molecule has 0 N–H and O–H groups in total. The summed E-state index contributed by atoms with van der Waals surface area (Å²) in [6.45, 7) is 13.8. The monoisotopic (exact) mass is 1950 g/mol. The number of nitrogens with zero attached hydrogens (tertiary/aromatic N) is 8. The topological polar surface area (TPSA) is 95.2 Å². The van der Waals surface area contributed by atoms with E-state index in [1.165, 1.54) is 168 Å². The van der Waals surface area contributed by atoms with Crippen LogP contribution in [0.25, 0.3) is 248 Å². The van der Waals surface area contributed by atoms with Crippen molar-refractivity contribution in [1.82, 2.24) is 39.5 Å². The Labute approximate surface area is 879 Å². The van der Waals surface area contributed by atoms with Crippen molar-refractivity contribution < 1.29 is 0 Å². The fourth-order valence-electron chi connectivity index (χ4n) is 23.4. The van der Waals surface area contributed by atoms with E-state index in [1.807, 2.05) is 47.1 Å². The Balaban J connectivity index is 0.000000111. The van der Waals surface area contributed by atoms with Gasteiger partial charge in [0.25, 0.3) is 0 Å². The molecule has 10 heteroatoms. The molecule has 29 rings (SSSR count). The van der Waals surface area contributed by atoms with Crippen LogP contribution in [0.4, 0.5) is 0 Å². The third kappa shape index (κ3) is 15.7. The van der Waals surface area contributed by atoms with Gasteiger partial charge in [0.2, 0.25) is 0 Å². The lowest BCUT2D eigenvalue weighted by Crippen LogP contribution is -2.17. The molecule has 0 unspecified atom stereocenters. The molecule has 0 radical (unpaired) electrons. The molecule has 0 spiro atoms. The maximum atomic E-state index is 5.51. The van der Waals surface area contributed by atoms with E-state index in [2.05, 4.69) is 512 Å². The van der Waals surface area contributed by atoms with Crippen molar-refractivity contribution in [2.24, 2.45) is 0 Å². The number of aromatic nitrogens is 8. The largest absolute Gasteiger partial charge is 0.309 e. The Bertz CT molecular complexity index is 9620. The molecule has 0 atom stereocenters. The SMILES string of the molecule is CC1(C)c2ccccc2-c2nc(-c3ccc(-c4cccc5c4sc4ccccc45)cc3)nc(-c3cc(-c4ccccc4)cc(-c4ccccc4)c3)c21.CC1(C)c2ccccc2-c2nc(-c3ccc(-c4cccc5c4sc4ccccc45)cc3)nc(-c3ccc(-c4ccccn4)cc3)c21.CC1(C)c2ccccc2-c2nc(-c3ccc(-n4c5ccccc5c5ccccc54)cc3)nc(-c3cc(-c4ccccc4)cc(-c4ccccc4)c3)c21. The molecule has 0 aliphatic heterocycles. The molecule has 0 saturated heterocycles. The summed E-state index contributed by atoms with van der Waals surface area (Å²) in [6.07, 6.45) is 1.83. The Morgan fingerprint density at radius 1 is 0.193 bits per heavy atom. The lowest BCUT2D eigenvalue weighted by Gasteiger charge is -2.24. The summed E-state index contributed by atoms with van der Waals surface area (Å²) < 4.78 is 7.62. The molecule has 710 valence electrons. The van der Waals surface area contributed by atoms with Crippen LogP contribution in [0.15, 0.2) is 485 Å². The molecule has 0 bridgehead atoms. The number of hydrogen-bond donors (Lipinski definition) is 0. The van der Waals surface area contributed by atoms with Crippen molar-refractivity contribution in [1.29, 1.82) is 0 Å². The van der Waals surface area contributed by atoms with Crippen molar-refractivity contribution in [3.05, 3.63) is 519 Å². The van der Waals surface area contributed by atoms with Crippen LogP contribution < -0.4 is 0 Å². The fraction of sp³-hybridized carbons (Fsp3) is 0.0643. The van der Waals surface area contributed by atoms with E-state index in [0.29, 0.717) is 0 Å². The Kier molecular flexibility index (Phi) is 22.2. The van der Waals surface area contributed by atoms with Crippen molar-refractivity contribution in [3.63, 3.8) is 0 Å². The summed E-state index contributed by atoms with van der Waals surface area (Å²) in [5.41, 5.74) is 42.2. The van der Waals surface area contributed by atoms with E-state index in [1.54, 1.807) is 0 Å². The lowest BCUT2D eigenvalue weighted by atomic mass is 9.80. The molecule has 7 heterocycles. The van der Waals surface area contributed by atoms with E-state index >= 15 is 0 Å². The van der Waals surface area contributed by atoms with Crippen LogP contribution in [-0.4, -0.2) is 39.5 Å². The number of hydrogen-bond acceptors (Lipinski definition) is 9. The van der Waals surface area contributed by atoms with E-state index in [4.69, 9.17) is 29.9 Å². The number of fused-ring (bicyclic) bond motifs is 18. The summed E-state index contributed by atoms with van der Waals surface area (Å²) in [6, 6.07) is 171. The van der Waals surface area contributed by atoms with E-state index in [9.17, 15) is 0 Å². The number of benzene rings is 19. The van der Waals surface area contributed by atoms with Gasteiger partial charge in [-0.25, -0.2) is 29.9 Å². The van der Waals surface area contributed by atoms with Gasteiger partial charge in [0.05, 0.1) is 50.9 Å². The van der Waals surface area contributed by atoms with Gasteiger partial charge >= 0.3 is 0 Å². The summed E-state index contributed by atoms with van der Waals surface area (Å²) >= 11 is 3.73.